The second-order valence-corrected chi connectivity index (χ2v) is 8.42. The number of rotatable bonds is 4. The number of imide groups is 1. The van der Waals surface area contributed by atoms with Gasteiger partial charge in [-0.05, 0) is 35.7 Å². The number of methoxy groups -OCH3 is 1. The van der Waals surface area contributed by atoms with Crippen LogP contribution in [0.15, 0.2) is 34.7 Å². The molecule has 0 radical (unpaired) electrons. The molecule has 9 nitrogen and oxygen atoms in total. The maximum atomic E-state index is 12.5. The van der Waals surface area contributed by atoms with Crippen molar-refractivity contribution in [1.29, 1.82) is 0 Å². The molecular formula is C22H25N5O4. The second-order valence-electron chi connectivity index (χ2n) is 8.42. The van der Waals surface area contributed by atoms with Crippen LogP contribution < -0.4 is 26.2 Å². The van der Waals surface area contributed by atoms with E-state index >= 15 is 0 Å². The number of hydrogen-bond acceptors (Lipinski definition) is 7. The van der Waals surface area contributed by atoms with Gasteiger partial charge in [0.2, 0.25) is 11.8 Å². The highest BCUT2D eigenvalue weighted by molar-refractivity contribution is 6.06. The quantitative estimate of drug-likeness (QED) is 0.433. The van der Waals surface area contributed by atoms with Crippen molar-refractivity contribution in [3.63, 3.8) is 0 Å². The molecule has 1 aromatic heterocycles. The minimum Gasteiger partial charge on any atom is -0.496 e. The van der Waals surface area contributed by atoms with Crippen LogP contribution in [-0.2, 0) is 10.2 Å². The summed E-state index contributed by atoms with van der Waals surface area (Å²) in [5, 5.41) is 2.37. The summed E-state index contributed by atoms with van der Waals surface area (Å²) in [5.74, 6) is 6.20. The molecule has 1 saturated heterocycles. The lowest BCUT2D eigenvalue weighted by Gasteiger charge is -2.30. The Kier molecular flexibility index (Phi) is 5.06. The van der Waals surface area contributed by atoms with E-state index in [9.17, 15) is 9.59 Å². The number of ether oxygens (including phenoxy) is 1. The van der Waals surface area contributed by atoms with Crippen molar-refractivity contribution in [2.75, 3.05) is 24.0 Å². The number of anilines is 2. The molecule has 3 amide bonds. The van der Waals surface area contributed by atoms with Gasteiger partial charge in [-0.15, -0.1) is 0 Å². The van der Waals surface area contributed by atoms with Gasteiger partial charge in [0.05, 0.1) is 18.4 Å². The fourth-order valence-electron chi connectivity index (χ4n) is 3.65. The van der Waals surface area contributed by atoms with Crippen molar-refractivity contribution >= 4 is 34.4 Å². The number of hydrogen-bond donors (Lipinski definition) is 3. The first-order valence-electron chi connectivity index (χ1n) is 9.92. The molecule has 1 fully saturated rings. The van der Waals surface area contributed by atoms with Gasteiger partial charge in [0.15, 0.2) is 5.58 Å². The number of benzene rings is 2. The second kappa shape index (κ2) is 7.59. The Bertz CT molecular complexity index is 1180. The van der Waals surface area contributed by atoms with Crippen LogP contribution in [-0.4, -0.2) is 30.6 Å². The van der Waals surface area contributed by atoms with Gasteiger partial charge in [-0.1, -0.05) is 20.8 Å². The SMILES string of the molecule is COc1c(-c2nc3cc(NN)ccc3o2)cc(N2CCC(=O)NC2=O)cc1C(C)(C)C. The molecule has 3 aromatic rings. The summed E-state index contributed by atoms with van der Waals surface area (Å²) in [5.41, 5.74) is 6.39. The molecule has 162 valence electrons. The van der Waals surface area contributed by atoms with Gasteiger partial charge in [-0.25, -0.2) is 9.78 Å². The van der Waals surface area contributed by atoms with Crippen molar-refractivity contribution in [1.82, 2.24) is 10.3 Å². The van der Waals surface area contributed by atoms with Gasteiger partial charge in [0.25, 0.3) is 0 Å². The largest absolute Gasteiger partial charge is 0.496 e. The summed E-state index contributed by atoms with van der Waals surface area (Å²) in [4.78, 5) is 30.2. The van der Waals surface area contributed by atoms with E-state index in [1.165, 1.54) is 0 Å². The van der Waals surface area contributed by atoms with Gasteiger partial charge in [0.1, 0.15) is 11.3 Å². The molecule has 1 aliphatic rings. The zero-order valence-corrected chi connectivity index (χ0v) is 17.9. The van der Waals surface area contributed by atoms with E-state index in [1.54, 1.807) is 36.3 Å². The number of nitrogens with one attached hydrogen (secondary N) is 2. The molecule has 2 aromatic carbocycles. The highest BCUT2D eigenvalue weighted by atomic mass is 16.5. The summed E-state index contributed by atoms with van der Waals surface area (Å²) < 4.78 is 11.8. The topological polar surface area (TPSA) is 123 Å². The highest BCUT2D eigenvalue weighted by Gasteiger charge is 2.30. The molecule has 0 atom stereocenters. The number of fused-ring (bicyclic) bond motifs is 1. The number of urea groups is 1. The lowest BCUT2D eigenvalue weighted by atomic mass is 9.84. The van der Waals surface area contributed by atoms with Crippen LogP contribution in [0.5, 0.6) is 5.75 Å². The van der Waals surface area contributed by atoms with E-state index in [0.717, 1.165) is 5.56 Å². The zero-order valence-electron chi connectivity index (χ0n) is 17.9. The normalized spacial score (nSPS) is 14.7. The molecule has 31 heavy (non-hydrogen) atoms. The molecule has 0 spiro atoms. The lowest BCUT2D eigenvalue weighted by Crippen LogP contribution is -2.49. The summed E-state index contributed by atoms with van der Waals surface area (Å²) in [6.07, 6.45) is 0.232. The molecular weight excluding hydrogens is 398 g/mol. The van der Waals surface area contributed by atoms with Gasteiger partial charge in [-0.3, -0.25) is 20.9 Å². The van der Waals surface area contributed by atoms with Gasteiger partial charge < -0.3 is 14.6 Å². The minimum atomic E-state index is -0.455. The van der Waals surface area contributed by atoms with E-state index in [1.807, 2.05) is 6.07 Å². The maximum Gasteiger partial charge on any atom is 0.328 e. The monoisotopic (exact) mass is 423 g/mol. The fraction of sp³-hybridized carbons (Fsp3) is 0.318. The summed E-state index contributed by atoms with van der Waals surface area (Å²) >= 11 is 0. The first-order chi connectivity index (χ1) is 14.7. The average molecular weight is 423 g/mol. The maximum absolute atomic E-state index is 12.5. The van der Waals surface area contributed by atoms with Crippen LogP contribution in [0.3, 0.4) is 0 Å². The van der Waals surface area contributed by atoms with Crippen LogP contribution in [0, 0.1) is 0 Å². The Morgan fingerprint density at radius 2 is 2.00 bits per heavy atom. The predicted molar refractivity (Wildman–Crippen MR) is 118 cm³/mol. The Morgan fingerprint density at radius 1 is 1.23 bits per heavy atom. The van der Waals surface area contributed by atoms with Gasteiger partial charge >= 0.3 is 6.03 Å². The van der Waals surface area contributed by atoms with E-state index < -0.39 is 6.03 Å². The molecule has 2 heterocycles. The molecule has 4 rings (SSSR count). The number of carbonyl (C=O) groups excluding carboxylic acids is 2. The number of nitrogens with two attached hydrogens (primary N) is 1. The molecule has 0 bridgehead atoms. The van der Waals surface area contributed by atoms with Gasteiger partial charge in [-0.2, -0.15) is 0 Å². The Labute approximate surface area is 179 Å². The number of nitrogen functional groups attached to an aromatic ring is 1. The van der Waals surface area contributed by atoms with E-state index in [0.29, 0.717) is 46.2 Å². The predicted octanol–water partition coefficient (Wildman–Crippen LogP) is 3.53. The number of nitrogens with zero attached hydrogens (tertiary/aromatic N) is 2. The number of aromatic nitrogens is 1. The van der Waals surface area contributed by atoms with Crippen molar-refractivity contribution in [2.24, 2.45) is 5.84 Å². The minimum absolute atomic E-state index is 0.232. The molecule has 0 unspecified atom stereocenters. The van der Waals surface area contributed by atoms with Crippen molar-refractivity contribution < 1.29 is 18.7 Å². The number of oxazole rings is 1. The average Bonchev–Trinajstić information content (AvgIpc) is 3.15. The Balaban J connectivity index is 1.92. The molecule has 1 aliphatic heterocycles. The molecule has 4 N–H and O–H groups in total. The summed E-state index contributed by atoms with van der Waals surface area (Å²) in [7, 11) is 1.60. The number of hydrazine groups is 1. The van der Waals surface area contributed by atoms with E-state index in [2.05, 4.69) is 36.5 Å². The highest BCUT2D eigenvalue weighted by Crippen LogP contribution is 2.43. The third-order valence-electron chi connectivity index (χ3n) is 5.24. The first-order valence-corrected chi connectivity index (χ1v) is 9.92. The van der Waals surface area contributed by atoms with E-state index in [4.69, 9.17) is 15.0 Å². The van der Waals surface area contributed by atoms with Crippen LogP contribution in [0.2, 0.25) is 0 Å². The van der Waals surface area contributed by atoms with Crippen LogP contribution in [0.4, 0.5) is 16.2 Å². The van der Waals surface area contributed by atoms with Crippen LogP contribution in [0.25, 0.3) is 22.6 Å². The third kappa shape index (κ3) is 3.79. The standard InChI is InChI=1S/C22H25N5O4/c1-22(2,3)15-11-13(27-8-7-18(28)25-21(27)29)10-14(19(15)30-4)20-24-16-9-12(26-23)5-6-17(16)31-20/h5-6,9-11,26H,7-8,23H2,1-4H3,(H,25,28,29). The summed E-state index contributed by atoms with van der Waals surface area (Å²) in [6.45, 7) is 6.47. The van der Waals surface area contributed by atoms with Crippen molar-refractivity contribution in [3.8, 4) is 17.2 Å². The van der Waals surface area contributed by atoms with Crippen molar-refractivity contribution in [3.05, 3.63) is 35.9 Å². The number of amides is 3. The molecule has 0 saturated carbocycles. The van der Waals surface area contributed by atoms with Crippen LogP contribution in [0.1, 0.15) is 32.8 Å². The fourth-order valence-corrected chi connectivity index (χ4v) is 3.65. The van der Waals surface area contributed by atoms with E-state index in [-0.39, 0.29) is 17.7 Å². The Hall–Kier alpha value is -3.59. The smallest absolute Gasteiger partial charge is 0.328 e. The Morgan fingerprint density at radius 3 is 2.65 bits per heavy atom. The van der Waals surface area contributed by atoms with Crippen LogP contribution >= 0.6 is 0 Å². The molecule has 0 aliphatic carbocycles. The molecule has 9 heteroatoms. The van der Waals surface area contributed by atoms with Crippen molar-refractivity contribution in [2.45, 2.75) is 32.6 Å². The summed E-state index contributed by atoms with van der Waals surface area (Å²) in [6, 6.07) is 8.62. The van der Waals surface area contributed by atoms with Gasteiger partial charge in [0, 0.05) is 24.2 Å². The zero-order chi connectivity index (χ0) is 22.3. The first kappa shape index (κ1) is 20.7. The lowest BCUT2D eigenvalue weighted by molar-refractivity contribution is -0.120. The third-order valence-corrected chi connectivity index (χ3v) is 5.24. The number of carbonyl (C=O) groups is 2.